The lowest BCUT2D eigenvalue weighted by Gasteiger charge is -2.30. The fourth-order valence-electron chi connectivity index (χ4n) is 2.49. The molecular weight excluding hydrogens is 316 g/mol. The molecule has 0 spiro atoms. The van der Waals surface area contributed by atoms with Gasteiger partial charge in [-0.1, -0.05) is 6.92 Å². The summed E-state index contributed by atoms with van der Waals surface area (Å²) in [5.41, 5.74) is 0. The molecule has 0 aromatic heterocycles. The van der Waals surface area contributed by atoms with Crippen molar-refractivity contribution in [2.45, 2.75) is 45.2 Å². The van der Waals surface area contributed by atoms with Gasteiger partial charge in [0.1, 0.15) is 11.5 Å². The Bertz CT molecular complexity index is 467. The van der Waals surface area contributed by atoms with Crippen LogP contribution in [0.2, 0.25) is 0 Å². The predicted molar refractivity (Wildman–Crippen MR) is 93.6 cm³/mol. The number of rotatable bonds is 7. The highest BCUT2D eigenvalue weighted by molar-refractivity contribution is 5.85. The van der Waals surface area contributed by atoms with Gasteiger partial charge in [-0.3, -0.25) is 4.79 Å². The van der Waals surface area contributed by atoms with E-state index in [0.29, 0.717) is 18.4 Å². The van der Waals surface area contributed by atoms with Crippen molar-refractivity contribution in [1.82, 2.24) is 10.6 Å². The molecule has 1 fully saturated rings. The standard InChI is InChI=1S/C17H26N2O3.ClH/c1-3-11-21-14-6-8-15(9-7-14)22-12-17(20)19-16-5-4-10-18-13(16)2;/h6-9,13,16,18H,3-5,10-12H2,1-2H3,(H,19,20);1H. The lowest BCUT2D eigenvalue weighted by atomic mass is 10.00. The number of carbonyl (C=O) groups is 1. The molecule has 1 aromatic rings. The van der Waals surface area contributed by atoms with E-state index < -0.39 is 0 Å². The number of amides is 1. The second-order valence-corrected chi connectivity index (χ2v) is 5.67. The molecule has 1 aliphatic heterocycles. The minimum atomic E-state index is -0.0770. The molecule has 23 heavy (non-hydrogen) atoms. The first kappa shape index (κ1) is 19.6. The molecule has 0 saturated carbocycles. The Morgan fingerprint density at radius 1 is 1.26 bits per heavy atom. The van der Waals surface area contributed by atoms with E-state index in [0.717, 1.165) is 31.6 Å². The Morgan fingerprint density at radius 2 is 1.91 bits per heavy atom. The largest absolute Gasteiger partial charge is 0.494 e. The van der Waals surface area contributed by atoms with Crippen LogP contribution in [-0.4, -0.2) is 37.7 Å². The average molecular weight is 343 g/mol. The third-order valence-corrected chi connectivity index (χ3v) is 3.77. The van der Waals surface area contributed by atoms with Crippen LogP contribution in [-0.2, 0) is 4.79 Å². The quantitative estimate of drug-likeness (QED) is 0.799. The van der Waals surface area contributed by atoms with Gasteiger partial charge in [-0.05, 0) is 57.0 Å². The summed E-state index contributed by atoms with van der Waals surface area (Å²) in [7, 11) is 0. The van der Waals surface area contributed by atoms with E-state index in [1.165, 1.54) is 0 Å². The number of hydrogen-bond donors (Lipinski definition) is 2. The lowest BCUT2D eigenvalue weighted by Crippen LogP contribution is -2.52. The highest BCUT2D eigenvalue weighted by Gasteiger charge is 2.22. The molecule has 6 heteroatoms. The smallest absolute Gasteiger partial charge is 0.258 e. The van der Waals surface area contributed by atoms with Crippen LogP contribution in [0.1, 0.15) is 33.1 Å². The number of hydrogen-bond acceptors (Lipinski definition) is 4. The summed E-state index contributed by atoms with van der Waals surface area (Å²) in [4.78, 5) is 11.9. The maximum atomic E-state index is 11.9. The lowest BCUT2D eigenvalue weighted by molar-refractivity contribution is -0.124. The summed E-state index contributed by atoms with van der Waals surface area (Å²) in [5.74, 6) is 1.42. The molecule has 0 radical (unpaired) electrons. The Labute approximate surface area is 144 Å². The van der Waals surface area contributed by atoms with Crippen LogP contribution in [0.3, 0.4) is 0 Å². The van der Waals surface area contributed by atoms with Gasteiger partial charge in [0.15, 0.2) is 6.61 Å². The maximum Gasteiger partial charge on any atom is 0.258 e. The van der Waals surface area contributed by atoms with Crippen molar-refractivity contribution in [3.63, 3.8) is 0 Å². The number of halogens is 1. The van der Waals surface area contributed by atoms with E-state index in [2.05, 4.69) is 24.5 Å². The van der Waals surface area contributed by atoms with Crippen molar-refractivity contribution in [2.24, 2.45) is 0 Å². The molecule has 2 unspecified atom stereocenters. The predicted octanol–water partition coefficient (Wildman–Crippen LogP) is 2.53. The summed E-state index contributed by atoms with van der Waals surface area (Å²) in [5, 5.41) is 6.39. The van der Waals surface area contributed by atoms with Crippen molar-refractivity contribution < 1.29 is 14.3 Å². The first-order valence-electron chi connectivity index (χ1n) is 8.07. The molecule has 130 valence electrons. The fraction of sp³-hybridized carbons (Fsp3) is 0.588. The topological polar surface area (TPSA) is 59.6 Å². The first-order chi connectivity index (χ1) is 10.7. The second kappa shape index (κ2) is 10.3. The number of piperidine rings is 1. The zero-order chi connectivity index (χ0) is 15.8. The van der Waals surface area contributed by atoms with E-state index in [1.807, 2.05) is 24.3 Å². The summed E-state index contributed by atoms with van der Waals surface area (Å²) >= 11 is 0. The van der Waals surface area contributed by atoms with Crippen LogP contribution >= 0.6 is 12.4 Å². The summed E-state index contributed by atoms with van der Waals surface area (Å²) in [6, 6.07) is 7.86. The highest BCUT2D eigenvalue weighted by Crippen LogP contribution is 2.17. The van der Waals surface area contributed by atoms with Gasteiger partial charge in [0.05, 0.1) is 6.61 Å². The summed E-state index contributed by atoms with van der Waals surface area (Å²) in [6.07, 6.45) is 3.09. The van der Waals surface area contributed by atoms with Crippen LogP contribution in [0.15, 0.2) is 24.3 Å². The van der Waals surface area contributed by atoms with E-state index in [9.17, 15) is 4.79 Å². The van der Waals surface area contributed by atoms with Gasteiger partial charge in [-0.25, -0.2) is 0 Å². The Hall–Kier alpha value is -1.46. The third-order valence-electron chi connectivity index (χ3n) is 3.77. The highest BCUT2D eigenvalue weighted by atomic mass is 35.5. The SMILES string of the molecule is CCCOc1ccc(OCC(=O)NC2CCCNC2C)cc1.Cl. The van der Waals surface area contributed by atoms with Crippen molar-refractivity contribution >= 4 is 18.3 Å². The van der Waals surface area contributed by atoms with E-state index in [4.69, 9.17) is 9.47 Å². The van der Waals surface area contributed by atoms with Crippen LogP contribution < -0.4 is 20.1 Å². The van der Waals surface area contributed by atoms with E-state index in [-0.39, 0.29) is 31.0 Å². The minimum Gasteiger partial charge on any atom is -0.494 e. The molecule has 2 N–H and O–H groups in total. The molecule has 1 aliphatic rings. The molecule has 2 atom stereocenters. The van der Waals surface area contributed by atoms with Crippen LogP contribution in [0.25, 0.3) is 0 Å². The van der Waals surface area contributed by atoms with Gasteiger partial charge in [0, 0.05) is 12.1 Å². The number of benzene rings is 1. The normalized spacial score (nSPS) is 20.3. The molecule has 0 bridgehead atoms. The van der Waals surface area contributed by atoms with E-state index >= 15 is 0 Å². The minimum absolute atomic E-state index is 0. The molecule has 5 nitrogen and oxygen atoms in total. The Morgan fingerprint density at radius 3 is 2.52 bits per heavy atom. The Kier molecular flexibility index (Phi) is 8.81. The number of ether oxygens (including phenoxy) is 2. The average Bonchev–Trinajstić information content (AvgIpc) is 2.54. The maximum absolute atomic E-state index is 11.9. The number of carbonyl (C=O) groups excluding carboxylic acids is 1. The second-order valence-electron chi connectivity index (χ2n) is 5.67. The van der Waals surface area contributed by atoms with Crippen LogP contribution in [0.5, 0.6) is 11.5 Å². The van der Waals surface area contributed by atoms with Gasteiger partial charge in [-0.15, -0.1) is 12.4 Å². The molecule has 1 amide bonds. The van der Waals surface area contributed by atoms with Gasteiger partial charge < -0.3 is 20.1 Å². The number of nitrogens with one attached hydrogen (secondary N) is 2. The Balaban J connectivity index is 0.00000264. The van der Waals surface area contributed by atoms with Gasteiger partial charge in [0.2, 0.25) is 0 Å². The van der Waals surface area contributed by atoms with Gasteiger partial charge in [0.25, 0.3) is 5.91 Å². The summed E-state index contributed by atoms with van der Waals surface area (Å²) in [6.45, 7) is 5.93. The van der Waals surface area contributed by atoms with Gasteiger partial charge >= 0.3 is 0 Å². The fourth-order valence-corrected chi connectivity index (χ4v) is 2.49. The molecule has 1 heterocycles. The zero-order valence-electron chi connectivity index (χ0n) is 13.8. The first-order valence-corrected chi connectivity index (χ1v) is 8.07. The molecular formula is C17H27ClN2O3. The van der Waals surface area contributed by atoms with Crippen molar-refractivity contribution in [1.29, 1.82) is 0 Å². The van der Waals surface area contributed by atoms with Crippen LogP contribution in [0, 0.1) is 0 Å². The monoisotopic (exact) mass is 342 g/mol. The molecule has 1 aromatic carbocycles. The van der Waals surface area contributed by atoms with Crippen LogP contribution in [0.4, 0.5) is 0 Å². The molecule has 2 rings (SSSR count). The van der Waals surface area contributed by atoms with Crippen molar-refractivity contribution in [2.75, 3.05) is 19.8 Å². The van der Waals surface area contributed by atoms with Gasteiger partial charge in [-0.2, -0.15) is 0 Å². The molecule has 1 saturated heterocycles. The zero-order valence-corrected chi connectivity index (χ0v) is 14.7. The summed E-state index contributed by atoms with van der Waals surface area (Å²) < 4.78 is 11.0. The molecule has 0 aliphatic carbocycles. The van der Waals surface area contributed by atoms with E-state index in [1.54, 1.807) is 0 Å². The third kappa shape index (κ3) is 6.67. The van der Waals surface area contributed by atoms with Crippen molar-refractivity contribution in [3.05, 3.63) is 24.3 Å². The van der Waals surface area contributed by atoms with Crippen molar-refractivity contribution in [3.8, 4) is 11.5 Å².